The molecule has 1 aliphatic rings. The molecule has 0 bridgehead atoms. The zero-order valence-electron chi connectivity index (χ0n) is 10.2. The van der Waals surface area contributed by atoms with Crippen LogP contribution < -0.4 is 10.1 Å². The molecule has 2 rings (SSSR count). The zero-order chi connectivity index (χ0) is 12.1. The molecule has 1 aliphatic heterocycles. The third-order valence-electron chi connectivity index (χ3n) is 3.09. The van der Waals surface area contributed by atoms with Gasteiger partial charge >= 0.3 is 0 Å². The molecule has 3 heteroatoms. The highest BCUT2D eigenvalue weighted by Gasteiger charge is 2.21. The lowest BCUT2D eigenvalue weighted by Crippen LogP contribution is -2.31. The summed E-state index contributed by atoms with van der Waals surface area (Å²) in [5.41, 5.74) is 1.21. The summed E-state index contributed by atoms with van der Waals surface area (Å²) in [5.74, 6) is 1.11. The van der Waals surface area contributed by atoms with Crippen LogP contribution in [0.2, 0.25) is 0 Å². The summed E-state index contributed by atoms with van der Waals surface area (Å²) < 4.78 is 5.54. The molecule has 0 radical (unpaired) electrons. The monoisotopic (exact) mass is 233 g/mol. The first-order valence-corrected chi connectivity index (χ1v) is 6.21. The largest absolute Gasteiger partial charge is 0.493 e. The lowest BCUT2D eigenvalue weighted by Gasteiger charge is -2.10. The maximum Gasteiger partial charge on any atom is 0.153 e. The summed E-state index contributed by atoms with van der Waals surface area (Å²) in [6, 6.07) is 7.96. The molecule has 1 heterocycles. The van der Waals surface area contributed by atoms with Gasteiger partial charge in [-0.2, -0.15) is 0 Å². The van der Waals surface area contributed by atoms with E-state index >= 15 is 0 Å². The van der Waals surface area contributed by atoms with E-state index in [1.165, 1.54) is 5.56 Å². The second-order valence-electron chi connectivity index (χ2n) is 4.53. The smallest absolute Gasteiger partial charge is 0.153 e. The van der Waals surface area contributed by atoms with Crippen LogP contribution in [0.15, 0.2) is 24.3 Å². The van der Waals surface area contributed by atoms with E-state index in [0.29, 0.717) is 13.0 Å². The van der Waals surface area contributed by atoms with Crippen molar-refractivity contribution in [3.8, 4) is 5.75 Å². The van der Waals surface area contributed by atoms with Crippen molar-refractivity contribution in [2.75, 3.05) is 13.2 Å². The Bertz CT molecular complexity index is 366. The van der Waals surface area contributed by atoms with Gasteiger partial charge in [0.15, 0.2) is 5.78 Å². The average Bonchev–Trinajstić information content (AvgIpc) is 2.85. The van der Waals surface area contributed by atoms with Crippen LogP contribution in [0.5, 0.6) is 5.75 Å². The molecule has 92 valence electrons. The van der Waals surface area contributed by atoms with E-state index in [4.69, 9.17) is 4.74 Å². The number of rotatable bonds is 5. The minimum atomic E-state index is 0.0663. The fraction of sp³-hybridized carbons (Fsp3) is 0.500. The molecule has 1 fully saturated rings. The predicted molar refractivity (Wildman–Crippen MR) is 67.3 cm³/mol. The van der Waals surface area contributed by atoms with E-state index in [2.05, 4.69) is 5.32 Å². The SMILES string of the molecule is Cc1ccc(OCCC(=O)C2CCCN2)cc1. The highest BCUT2D eigenvalue weighted by atomic mass is 16.5. The van der Waals surface area contributed by atoms with Gasteiger partial charge in [-0.1, -0.05) is 17.7 Å². The van der Waals surface area contributed by atoms with Crippen LogP contribution in [0.1, 0.15) is 24.8 Å². The lowest BCUT2D eigenvalue weighted by atomic mass is 10.1. The van der Waals surface area contributed by atoms with Crippen LogP contribution >= 0.6 is 0 Å². The van der Waals surface area contributed by atoms with E-state index in [1.807, 2.05) is 31.2 Å². The Morgan fingerprint density at radius 3 is 2.82 bits per heavy atom. The summed E-state index contributed by atoms with van der Waals surface area (Å²) >= 11 is 0. The lowest BCUT2D eigenvalue weighted by molar-refractivity contribution is -0.121. The normalized spacial score (nSPS) is 19.2. The van der Waals surface area contributed by atoms with Gasteiger partial charge in [0.05, 0.1) is 12.6 Å². The number of carbonyl (C=O) groups excluding carboxylic acids is 1. The van der Waals surface area contributed by atoms with Crippen molar-refractivity contribution < 1.29 is 9.53 Å². The van der Waals surface area contributed by atoms with Crippen LogP contribution in [0.25, 0.3) is 0 Å². The van der Waals surface area contributed by atoms with Gasteiger partial charge in [-0.15, -0.1) is 0 Å². The van der Waals surface area contributed by atoms with Crippen LogP contribution in [0.3, 0.4) is 0 Å². The van der Waals surface area contributed by atoms with E-state index in [0.717, 1.165) is 25.1 Å². The van der Waals surface area contributed by atoms with Crippen LogP contribution in [0.4, 0.5) is 0 Å². The minimum Gasteiger partial charge on any atom is -0.493 e. The Morgan fingerprint density at radius 2 is 2.18 bits per heavy atom. The van der Waals surface area contributed by atoms with Crippen molar-refractivity contribution in [2.45, 2.75) is 32.2 Å². The summed E-state index contributed by atoms with van der Waals surface area (Å²) in [5, 5.41) is 3.21. The molecule has 1 atom stereocenters. The molecule has 0 saturated carbocycles. The zero-order valence-corrected chi connectivity index (χ0v) is 10.2. The topological polar surface area (TPSA) is 38.3 Å². The molecule has 0 amide bonds. The molecular weight excluding hydrogens is 214 g/mol. The van der Waals surface area contributed by atoms with Gasteiger partial charge in [0.1, 0.15) is 5.75 Å². The molecule has 1 saturated heterocycles. The number of hydrogen-bond donors (Lipinski definition) is 1. The van der Waals surface area contributed by atoms with Gasteiger partial charge in [0, 0.05) is 6.42 Å². The van der Waals surface area contributed by atoms with Crippen molar-refractivity contribution in [2.24, 2.45) is 0 Å². The number of hydrogen-bond acceptors (Lipinski definition) is 3. The molecule has 0 aliphatic carbocycles. The molecule has 0 aromatic heterocycles. The number of carbonyl (C=O) groups is 1. The van der Waals surface area contributed by atoms with Gasteiger partial charge in [-0.25, -0.2) is 0 Å². The second kappa shape index (κ2) is 5.82. The maximum atomic E-state index is 11.7. The summed E-state index contributed by atoms with van der Waals surface area (Å²) in [6.07, 6.45) is 2.57. The van der Waals surface area contributed by atoms with Gasteiger partial charge in [0.2, 0.25) is 0 Å². The van der Waals surface area contributed by atoms with Gasteiger partial charge < -0.3 is 10.1 Å². The Kier molecular flexibility index (Phi) is 4.15. The third kappa shape index (κ3) is 3.56. The number of nitrogens with one attached hydrogen (secondary N) is 1. The van der Waals surface area contributed by atoms with Crippen LogP contribution in [-0.2, 0) is 4.79 Å². The fourth-order valence-electron chi connectivity index (χ4n) is 2.04. The first kappa shape index (κ1) is 12.1. The third-order valence-corrected chi connectivity index (χ3v) is 3.09. The molecule has 1 unspecified atom stereocenters. The molecule has 1 N–H and O–H groups in total. The molecular formula is C14H19NO2. The highest BCUT2D eigenvalue weighted by Crippen LogP contribution is 2.12. The first-order valence-electron chi connectivity index (χ1n) is 6.21. The second-order valence-corrected chi connectivity index (χ2v) is 4.53. The molecule has 0 spiro atoms. The van der Waals surface area contributed by atoms with E-state index in [-0.39, 0.29) is 11.8 Å². The number of aryl methyl sites for hydroxylation is 1. The molecule has 1 aromatic rings. The average molecular weight is 233 g/mol. The number of ketones is 1. The highest BCUT2D eigenvalue weighted by molar-refractivity contribution is 5.84. The predicted octanol–water partition coefficient (Wildman–Crippen LogP) is 2.09. The fourth-order valence-corrected chi connectivity index (χ4v) is 2.04. The quantitative estimate of drug-likeness (QED) is 0.846. The van der Waals surface area contributed by atoms with E-state index in [1.54, 1.807) is 0 Å². The van der Waals surface area contributed by atoms with E-state index < -0.39 is 0 Å². The van der Waals surface area contributed by atoms with Crippen molar-refractivity contribution in [3.63, 3.8) is 0 Å². The minimum absolute atomic E-state index is 0.0663. The van der Waals surface area contributed by atoms with Crippen molar-refractivity contribution in [1.82, 2.24) is 5.32 Å². The van der Waals surface area contributed by atoms with Crippen molar-refractivity contribution in [1.29, 1.82) is 0 Å². The number of ether oxygens (including phenoxy) is 1. The Hall–Kier alpha value is -1.35. The van der Waals surface area contributed by atoms with Crippen LogP contribution in [-0.4, -0.2) is 25.0 Å². The first-order chi connectivity index (χ1) is 8.25. The molecule has 1 aromatic carbocycles. The van der Waals surface area contributed by atoms with Crippen molar-refractivity contribution in [3.05, 3.63) is 29.8 Å². The van der Waals surface area contributed by atoms with Gasteiger partial charge in [0.25, 0.3) is 0 Å². The van der Waals surface area contributed by atoms with E-state index in [9.17, 15) is 4.79 Å². The Morgan fingerprint density at radius 1 is 1.41 bits per heavy atom. The van der Waals surface area contributed by atoms with Gasteiger partial charge in [-0.3, -0.25) is 4.79 Å². The number of Topliss-reactive ketones (excluding diaryl/α,β-unsaturated/α-hetero) is 1. The summed E-state index contributed by atoms with van der Waals surface area (Å²) in [4.78, 5) is 11.7. The Labute approximate surface area is 102 Å². The van der Waals surface area contributed by atoms with Gasteiger partial charge in [-0.05, 0) is 38.4 Å². The van der Waals surface area contributed by atoms with Crippen molar-refractivity contribution >= 4 is 5.78 Å². The van der Waals surface area contributed by atoms with Crippen LogP contribution in [0, 0.1) is 6.92 Å². The molecule has 3 nitrogen and oxygen atoms in total. The maximum absolute atomic E-state index is 11.7. The summed E-state index contributed by atoms with van der Waals surface area (Å²) in [6.45, 7) is 3.48. The standard InChI is InChI=1S/C14H19NO2/c1-11-4-6-12(7-5-11)17-10-8-14(16)13-3-2-9-15-13/h4-7,13,15H,2-3,8-10H2,1H3. The Balaban J connectivity index is 1.72. The summed E-state index contributed by atoms with van der Waals surface area (Å²) in [7, 11) is 0. The number of benzene rings is 1. The molecule has 17 heavy (non-hydrogen) atoms.